The predicted molar refractivity (Wildman–Crippen MR) is 67.8 cm³/mol. The molecule has 0 aromatic heterocycles. The third-order valence-electron chi connectivity index (χ3n) is 1.94. The fourth-order valence-electron chi connectivity index (χ4n) is 1.14. The van der Waals surface area contributed by atoms with Crippen LogP contribution in [0.5, 0.6) is 0 Å². The Kier molecular flexibility index (Phi) is 5.61. The van der Waals surface area contributed by atoms with E-state index in [0.29, 0.717) is 11.6 Å². The van der Waals surface area contributed by atoms with Gasteiger partial charge in [0.2, 0.25) is 5.91 Å². The van der Waals surface area contributed by atoms with Gasteiger partial charge in [0.15, 0.2) is 0 Å². The van der Waals surface area contributed by atoms with E-state index >= 15 is 0 Å². The first-order valence-corrected chi connectivity index (χ1v) is 5.47. The van der Waals surface area contributed by atoms with Gasteiger partial charge in [0, 0.05) is 10.7 Å². The molecule has 0 aliphatic carbocycles. The molecular formula is C12H15ClN2O. The van der Waals surface area contributed by atoms with Crippen LogP contribution in [0.15, 0.2) is 36.9 Å². The van der Waals surface area contributed by atoms with Gasteiger partial charge in [0.25, 0.3) is 0 Å². The van der Waals surface area contributed by atoms with E-state index in [9.17, 15) is 4.79 Å². The van der Waals surface area contributed by atoms with Crippen LogP contribution in [0.4, 0.5) is 5.69 Å². The molecule has 0 unspecified atom stereocenters. The van der Waals surface area contributed by atoms with Crippen LogP contribution < -0.4 is 10.6 Å². The molecule has 0 heterocycles. The first kappa shape index (κ1) is 12.7. The summed E-state index contributed by atoms with van der Waals surface area (Å²) in [6.45, 7) is 4.66. The van der Waals surface area contributed by atoms with Crippen LogP contribution in [0.3, 0.4) is 0 Å². The molecule has 0 fully saturated rings. The van der Waals surface area contributed by atoms with Crippen LogP contribution >= 0.6 is 11.6 Å². The Hall–Kier alpha value is -1.32. The number of hydrogen-bond donors (Lipinski definition) is 2. The molecule has 0 atom stereocenters. The summed E-state index contributed by atoms with van der Waals surface area (Å²) in [7, 11) is 0. The Morgan fingerprint density at radius 1 is 1.38 bits per heavy atom. The number of anilines is 1. The molecule has 86 valence electrons. The van der Waals surface area contributed by atoms with Crippen molar-refractivity contribution in [2.24, 2.45) is 0 Å². The van der Waals surface area contributed by atoms with Crippen molar-refractivity contribution in [2.45, 2.75) is 6.42 Å². The van der Waals surface area contributed by atoms with E-state index in [1.807, 2.05) is 6.08 Å². The Morgan fingerprint density at radius 3 is 2.69 bits per heavy atom. The molecule has 1 aromatic rings. The molecule has 0 spiro atoms. The third-order valence-corrected chi connectivity index (χ3v) is 2.19. The summed E-state index contributed by atoms with van der Waals surface area (Å²) in [4.78, 5) is 11.4. The number of halogens is 1. The minimum absolute atomic E-state index is 0.0635. The molecule has 0 aliphatic heterocycles. The molecule has 2 N–H and O–H groups in total. The van der Waals surface area contributed by atoms with E-state index < -0.39 is 0 Å². The zero-order valence-electron chi connectivity index (χ0n) is 9.00. The average molecular weight is 239 g/mol. The SMILES string of the molecule is C=CCCNCC(=O)Nc1ccc(Cl)cc1. The summed E-state index contributed by atoms with van der Waals surface area (Å²) >= 11 is 5.73. The molecule has 1 amide bonds. The summed E-state index contributed by atoms with van der Waals surface area (Å²) in [6.07, 6.45) is 2.67. The van der Waals surface area contributed by atoms with Crippen LogP contribution in [-0.2, 0) is 4.79 Å². The highest BCUT2D eigenvalue weighted by Crippen LogP contribution is 2.12. The van der Waals surface area contributed by atoms with Gasteiger partial charge >= 0.3 is 0 Å². The van der Waals surface area contributed by atoms with Gasteiger partial charge in [0.1, 0.15) is 0 Å². The first-order valence-electron chi connectivity index (χ1n) is 5.09. The second-order valence-corrected chi connectivity index (χ2v) is 3.75. The van der Waals surface area contributed by atoms with Gasteiger partial charge in [-0.1, -0.05) is 17.7 Å². The van der Waals surface area contributed by atoms with Gasteiger partial charge in [-0.05, 0) is 37.2 Å². The summed E-state index contributed by atoms with van der Waals surface area (Å²) < 4.78 is 0. The highest BCUT2D eigenvalue weighted by Gasteiger charge is 2.00. The molecule has 0 saturated heterocycles. The lowest BCUT2D eigenvalue weighted by Crippen LogP contribution is -2.28. The normalized spacial score (nSPS) is 9.81. The van der Waals surface area contributed by atoms with Crippen molar-refractivity contribution in [3.05, 3.63) is 41.9 Å². The van der Waals surface area contributed by atoms with E-state index in [2.05, 4.69) is 17.2 Å². The largest absolute Gasteiger partial charge is 0.325 e. The van der Waals surface area contributed by atoms with Gasteiger partial charge in [0.05, 0.1) is 6.54 Å². The molecule has 1 aromatic carbocycles. The lowest BCUT2D eigenvalue weighted by Gasteiger charge is -2.05. The van der Waals surface area contributed by atoms with Gasteiger partial charge in [-0.2, -0.15) is 0 Å². The maximum absolute atomic E-state index is 11.4. The first-order chi connectivity index (χ1) is 7.72. The monoisotopic (exact) mass is 238 g/mol. The zero-order chi connectivity index (χ0) is 11.8. The second kappa shape index (κ2) is 7.04. The topological polar surface area (TPSA) is 41.1 Å². The fourth-order valence-corrected chi connectivity index (χ4v) is 1.27. The maximum Gasteiger partial charge on any atom is 0.238 e. The number of nitrogens with one attached hydrogen (secondary N) is 2. The van der Waals surface area contributed by atoms with Crippen molar-refractivity contribution in [3.8, 4) is 0 Å². The molecule has 0 saturated carbocycles. The lowest BCUT2D eigenvalue weighted by molar-refractivity contribution is -0.115. The van der Waals surface area contributed by atoms with Crippen LogP contribution in [0.1, 0.15) is 6.42 Å². The predicted octanol–water partition coefficient (Wildman–Crippen LogP) is 2.44. The van der Waals surface area contributed by atoms with E-state index in [-0.39, 0.29) is 5.91 Å². The van der Waals surface area contributed by atoms with Crippen LogP contribution in [0, 0.1) is 0 Å². The van der Waals surface area contributed by atoms with Gasteiger partial charge in [-0.3, -0.25) is 4.79 Å². The summed E-state index contributed by atoms with van der Waals surface area (Å²) in [6, 6.07) is 7.01. The van der Waals surface area contributed by atoms with Gasteiger partial charge in [-0.25, -0.2) is 0 Å². The van der Waals surface area contributed by atoms with Crippen molar-refractivity contribution in [1.82, 2.24) is 5.32 Å². The summed E-state index contributed by atoms with van der Waals surface area (Å²) in [5.41, 5.74) is 0.750. The molecule has 0 bridgehead atoms. The minimum atomic E-state index is -0.0635. The Morgan fingerprint density at radius 2 is 2.06 bits per heavy atom. The average Bonchev–Trinajstić information content (AvgIpc) is 2.28. The molecule has 1 rings (SSSR count). The van der Waals surface area contributed by atoms with Crippen LogP contribution in [-0.4, -0.2) is 19.0 Å². The Balaban J connectivity index is 2.28. The highest BCUT2D eigenvalue weighted by molar-refractivity contribution is 6.30. The van der Waals surface area contributed by atoms with Crippen LogP contribution in [0.25, 0.3) is 0 Å². The van der Waals surface area contributed by atoms with Gasteiger partial charge in [-0.15, -0.1) is 6.58 Å². The van der Waals surface area contributed by atoms with Crippen molar-refractivity contribution in [3.63, 3.8) is 0 Å². The van der Waals surface area contributed by atoms with E-state index in [1.54, 1.807) is 24.3 Å². The molecule has 4 heteroatoms. The lowest BCUT2D eigenvalue weighted by atomic mass is 10.3. The van der Waals surface area contributed by atoms with Crippen LogP contribution in [0.2, 0.25) is 5.02 Å². The fraction of sp³-hybridized carbons (Fsp3) is 0.250. The molecule has 0 radical (unpaired) electrons. The summed E-state index contributed by atoms with van der Waals surface area (Å²) in [5, 5.41) is 6.42. The maximum atomic E-state index is 11.4. The number of rotatable bonds is 6. The van der Waals surface area contributed by atoms with Crippen molar-refractivity contribution in [1.29, 1.82) is 0 Å². The summed E-state index contributed by atoms with van der Waals surface area (Å²) in [5.74, 6) is -0.0635. The molecule has 0 aliphatic rings. The van der Waals surface area contributed by atoms with E-state index in [0.717, 1.165) is 18.7 Å². The smallest absolute Gasteiger partial charge is 0.238 e. The Bertz CT molecular complexity index is 349. The zero-order valence-corrected chi connectivity index (χ0v) is 9.76. The van der Waals surface area contributed by atoms with E-state index in [1.165, 1.54) is 0 Å². The number of amides is 1. The highest BCUT2D eigenvalue weighted by atomic mass is 35.5. The van der Waals surface area contributed by atoms with Gasteiger partial charge < -0.3 is 10.6 Å². The Labute approximate surface area is 100 Å². The number of carbonyl (C=O) groups excluding carboxylic acids is 1. The van der Waals surface area contributed by atoms with Crippen molar-refractivity contribution >= 4 is 23.2 Å². The standard InChI is InChI=1S/C12H15ClN2O/c1-2-3-8-14-9-12(16)15-11-6-4-10(13)5-7-11/h2,4-7,14H,1,3,8-9H2,(H,15,16). The number of hydrogen-bond acceptors (Lipinski definition) is 2. The van der Waals surface area contributed by atoms with E-state index in [4.69, 9.17) is 11.6 Å². The number of benzene rings is 1. The quantitative estimate of drug-likeness (QED) is 0.591. The van der Waals surface area contributed by atoms with Crippen molar-refractivity contribution in [2.75, 3.05) is 18.4 Å². The second-order valence-electron chi connectivity index (χ2n) is 3.31. The third kappa shape index (κ3) is 4.96. The molecule has 3 nitrogen and oxygen atoms in total. The van der Waals surface area contributed by atoms with Crippen molar-refractivity contribution < 1.29 is 4.79 Å². The minimum Gasteiger partial charge on any atom is -0.325 e. The molecule has 16 heavy (non-hydrogen) atoms. The number of carbonyl (C=O) groups is 1. The molecular weight excluding hydrogens is 224 g/mol.